The van der Waals surface area contributed by atoms with Gasteiger partial charge in [-0.3, -0.25) is 0 Å². The average Bonchev–Trinajstić information content (AvgIpc) is 3.14. The number of carboxylic acid groups (broad SMARTS) is 1. The van der Waals surface area contributed by atoms with Crippen LogP contribution in [-0.2, 0) is 5.41 Å². The van der Waals surface area contributed by atoms with Gasteiger partial charge in [-0.25, -0.2) is 18.0 Å². The number of fused-ring (bicyclic) bond motifs is 1. The molecule has 0 atom stereocenters. The number of phenolic OH excluding ortho intramolecular Hbond substituents is 1. The van der Waals surface area contributed by atoms with Gasteiger partial charge in [0.1, 0.15) is 11.6 Å². The van der Waals surface area contributed by atoms with E-state index >= 15 is 4.39 Å². The molecule has 0 bridgehead atoms. The number of halogens is 3. The van der Waals surface area contributed by atoms with Crippen molar-refractivity contribution in [2.75, 3.05) is 0 Å². The molecule has 3 aromatic carbocycles. The topological polar surface area (TPSA) is 86.2 Å². The van der Waals surface area contributed by atoms with Crippen LogP contribution in [0, 0.1) is 35.7 Å². The molecule has 0 aliphatic heterocycles. The van der Waals surface area contributed by atoms with Gasteiger partial charge in [-0.1, -0.05) is 19.9 Å². The van der Waals surface area contributed by atoms with Crippen molar-refractivity contribution in [3.05, 3.63) is 82.8 Å². The lowest BCUT2D eigenvalue weighted by Gasteiger charge is -2.27. The van der Waals surface area contributed by atoms with Crippen LogP contribution in [0.15, 0.2) is 48.5 Å². The number of aromatic nitrogens is 1. The lowest BCUT2D eigenvalue weighted by Crippen LogP contribution is -2.22. The first-order valence-electron chi connectivity index (χ1n) is 10.7. The van der Waals surface area contributed by atoms with E-state index in [9.17, 15) is 29.1 Å². The lowest BCUT2D eigenvalue weighted by atomic mass is 9.81. The van der Waals surface area contributed by atoms with Gasteiger partial charge in [-0.15, -0.1) is 0 Å². The SMILES string of the molecule is Cc1cc(-n2c(C(C)(C)CC#N)c(-c3ccc(C(=O)O)cc3F)c3c(O)c(F)ccc32)ccc1F. The van der Waals surface area contributed by atoms with Crippen molar-refractivity contribution >= 4 is 16.9 Å². The zero-order valence-corrected chi connectivity index (χ0v) is 19.2. The minimum absolute atomic E-state index is 0.00466. The molecule has 4 aromatic rings. The third-order valence-corrected chi connectivity index (χ3v) is 6.11. The van der Waals surface area contributed by atoms with Gasteiger partial charge < -0.3 is 14.8 Å². The minimum Gasteiger partial charge on any atom is -0.504 e. The molecule has 0 amide bonds. The van der Waals surface area contributed by atoms with E-state index in [1.165, 1.54) is 30.3 Å². The summed E-state index contributed by atoms with van der Waals surface area (Å²) >= 11 is 0. The molecular weight excluding hydrogens is 457 g/mol. The summed E-state index contributed by atoms with van der Waals surface area (Å²) in [5.41, 5.74) is 0.306. The molecule has 1 aromatic heterocycles. The van der Waals surface area contributed by atoms with Crippen LogP contribution in [0.5, 0.6) is 5.75 Å². The largest absolute Gasteiger partial charge is 0.504 e. The van der Waals surface area contributed by atoms with Crippen LogP contribution in [0.4, 0.5) is 13.2 Å². The number of nitrogens with zero attached hydrogens (tertiary/aromatic N) is 2. The first kappa shape index (κ1) is 23.9. The van der Waals surface area contributed by atoms with Crippen LogP contribution in [0.2, 0.25) is 0 Å². The first-order chi connectivity index (χ1) is 16.5. The Labute approximate surface area is 199 Å². The van der Waals surface area contributed by atoms with Crippen molar-refractivity contribution < 1.29 is 28.2 Å². The van der Waals surface area contributed by atoms with E-state index in [0.29, 0.717) is 22.5 Å². The summed E-state index contributed by atoms with van der Waals surface area (Å²) in [6.07, 6.45) is -0.0193. The molecule has 0 aliphatic rings. The molecule has 2 N–H and O–H groups in total. The number of benzene rings is 3. The number of aryl methyl sites for hydroxylation is 1. The van der Waals surface area contributed by atoms with E-state index in [1.54, 1.807) is 31.4 Å². The first-order valence-corrected chi connectivity index (χ1v) is 10.7. The van der Waals surface area contributed by atoms with E-state index in [0.717, 1.165) is 12.1 Å². The molecule has 178 valence electrons. The molecule has 8 heteroatoms. The summed E-state index contributed by atoms with van der Waals surface area (Å²) in [4.78, 5) is 11.3. The van der Waals surface area contributed by atoms with Gasteiger partial charge in [-0.2, -0.15) is 5.26 Å². The molecule has 4 rings (SSSR count). The van der Waals surface area contributed by atoms with Crippen molar-refractivity contribution in [3.63, 3.8) is 0 Å². The van der Waals surface area contributed by atoms with E-state index in [1.807, 2.05) is 0 Å². The Kier molecular flexibility index (Phi) is 5.81. The van der Waals surface area contributed by atoms with Gasteiger partial charge in [0, 0.05) is 34.3 Å². The highest BCUT2D eigenvalue weighted by molar-refractivity contribution is 6.04. The van der Waals surface area contributed by atoms with Gasteiger partial charge in [-0.05, 0) is 55.0 Å². The predicted octanol–water partition coefficient (Wildman–Crippen LogP) is 6.62. The maximum Gasteiger partial charge on any atom is 0.335 e. The number of aromatic hydroxyl groups is 1. The van der Waals surface area contributed by atoms with E-state index in [-0.39, 0.29) is 28.5 Å². The van der Waals surface area contributed by atoms with Crippen LogP contribution in [0.3, 0.4) is 0 Å². The highest BCUT2D eigenvalue weighted by Gasteiger charge is 2.34. The molecular formula is C27H21F3N2O3. The minimum atomic E-state index is -1.32. The maximum atomic E-state index is 15.4. The quantitative estimate of drug-likeness (QED) is 0.338. The van der Waals surface area contributed by atoms with Crippen molar-refractivity contribution in [3.8, 4) is 28.6 Å². The van der Waals surface area contributed by atoms with E-state index in [2.05, 4.69) is 6.07 Å². The molecule has 5 nitrogen and oxygen atoms in total. The monoisotopic (exact) mass is 478 g/mol. The third-order valence-electron chi connectivity index (χ3n) is 6.11. The zero-order chi connectivity index (χ0) is 25.7. The average molecular weight is 478 g/mol. The second-order valence-electron chi connectivity index (χ2n) is 9.00. The fraction of sp³-hybridized carbons (Fsp3) is 0.185. The Balaban J connectivity index is 2.25. The molecule has 0 saturated carbocycles. The fourth-order valence-corrected chi connectivity index (χ4v) is 4.41. The highest BCUT2D eigenvalue weighted by Crippen LogP contribution is 2.48. The Morgan fingerprint density at radius 3 is 2.31 bits per heavy atom. The van der Waals surface area contributed by atoms with Crippen molar-refractivity contribution in [1.29, 1.82) is 5.26 Å². The van der Waals surface area contributed by atoms with Crippen molar-refractivity contribution in [1.82, 2.24) is 4.57 Å². The number of hydrogen-bond acceptors (Lipinski definition) is 3. The number of hydrogen-bond donors (Lipinski definition) is 2. The molecule has 0 spiro atoms. The summed E-state index contributed by atoms with van der Waals surface area (Å²) in [5, 5.41) is 29.6. The molecule has 0 aliphatic carbocycles. The van der Waals surface area contributed by atoms with Crippen LogP contribution in [-0.4, -0.2) is 20.7 Å². The van der Waals surface area contributed by atoms with Crippen molar-refractivity contribution in [2.45, 2.75) is 32.6 Å². The van der Waals surface area contributed by atoms with Gasteiger partial charge in [0.15, 0.2) is 11.6 Å². The van der Waals surface area contributed by atoms with Crippen LogP contribution in [0.1, 0.15) is 41.9 Å². The fourth-order valence-electron chi connectivity index (χ4n) is 4.41. The molecule has 0 fully saturated rings. The summed E-state index contributed by atoms with van der Waals surface area (Å²) in [7, 11) is 0. The standard InChI is InChI=1S/C27H21F3N2O3/c1-14-12-16(5-7-18(14)28)32-21-9-8-19(29)24(33)23(21)22(25(32)27(2,3)10-11-31)17-6-4-15(26(34)35)13-20(17)30/h4-9,12-13,33H,10H2,1-3H3,(H,34,35). The number of rotatable bonds is 5. The van der Waals surface area contributed by atoms with Crippen molar-refractivity contribution in [2.24, 2.45) is 0 Å². The lowest BCUT2D eigenvalue weighted by molar-refractivity contribution is 0.0696. The van der Waals surface area contributed by atoms with Gasteiger partial charge in [0.2, 0.25) is 0 Å². The van der Waals surface area contributed by atoms with Gasteiger partial charge in [0.25, 0.3) is 0 Å². The van der Waals surface area contributed by atoms with Crippen LogP contribution >= 0.6 is 0 Å². The van der Waals surface area contributed by atoms with Gasteiger partial charge in [0.05, 0.1) is 22.5 Å². The number of nitriles is 1. The summed E-state index contributed by atoms with van der Waals surface area (Å²) in [6, 6.07) is 12.2. The second kappa shape index (κ2) is 8.51. The number of carboxylic acids is 1. The van der Waals surface area contributed by atoms with E-state index in [4.69, 9.17) is 0 Å². The zero-order valence-electron chi connectivity index (χ0n) is 19.2. The van der Waals surface area contributed by atoms with Crippen LogP contribution < -0.4 is 0 Å². The molecule has 1 heterocycles. The Hall–Kier alpha value is -4.25. The normalized spacial score (nSPS) is 11.6. The summed E-state index contributed by atoms with van der Waals surface area (Å²) in [5.74, 6) is -4.30. The molecule has 0 radical (unpaired) electrons. The third kappa shape index (κ3) is 3.89. The Bertz CT molecular complexity index is 1550. The number of aromatic carboxylic acids is 1. The summed E-state index contributed by atoms with van der Waals surface area (Å²) < 4.78 is 45.7. The molecule has 0 unspecified atom stereocenters. The summed E-state index contributed by atoms with van der Waals surface area (Å²) in [6.45, 7) is 5.07. The van der Waals surface area contributed by atoms with E-state index < -0.39 is 34.6 Å². The Morgan fingerprint density at radius 2 is 1.71 bits per heavy atom. The molecule has 0 saturated heterocycles. The number of phenols is 1. The number of carbonyl (C=O) groups is 1. The second-order valence-corrected chi connectivity index (χ2v) is 9.00. The maximum absolute atomic E-state index is 15.4. The molecule has 35 heavy (non-hydrogen) atoms. The Morgan fingerprint density at radius 1 is 1.03 bits per heavy atom. The van der Waals surface area contributed by atoms with Gasteiger partial charge >= 0.3 is 5.97 Å². The van der Waals surface area contributed by atoms with Crippen LogP contribution in [0.25, 0.3) is 27.7 Å². The smallest absolute Gasteiger partial charge is 0.335 e. The highest BCUT2D eigenvalue weighted by atomic mass is 19.1. The predicted molar refractivity (Wildman–Crippen MR) is 125 cm³/mol.